The van der Waals surface area contributed by atoms with Crippen molar-refractivity contribution in [3.63, 3.8) is 0 Å². The fourth-order valence-corrected chi connectivity index (χ4v) is 5.74. The second kappa shape index (κ2) is 12.1. The largest absolute Gasteiger partial charge is 0.356 e. The van der Waals surface area contributed by atoms with Gasteiger partial charge in [0.25, 0.3) is 15.9 Å². The highest BCUT2D eigenvalue weighted by molar-refractivity contribution is 7.90. The zero-order valence-corrected chi connectivity index (χ0v) is 23.5. The van der Waals surface area contributed by atoms with Gasteiger partial charge in [0, 0.05) is 30.6 Å². The van der Waals surface area contributed by atoms with Crippen molar-refractivity contribution in [3.05, 3.63) is 71.9 Å². The number of carbonyl (C=O) groups is 1. The molecule has 3 aromatic rings. The number of rotatable bonds is 11. The van der Waals surface area contributed by atoms with E-state index < -0.39 is 15.9 Å². The summed E-state index contributed by atoms with van der Waals surface area (Å²) in [4.78, 5) is 24.0. The van der Waals surface area contributed by atoms with Gasteiger partial charge in [-0.2, -0.15) is 8.42 Å². The lowest BCUT2D eigenvalue weighted by Gasteiger charge is -2.33. The third-order valence-corrected chi connectivity index (χ3v) is 7.66. The maximum absolute atomic E-state index is 13.2. The smallest absolute Gasteiger partial charge is 0.281 e. The summed E-state index contributed by atoms with van der Waals surface area (Å²) < 4.78 is 39.2. The molecule has 10 nitrogen and oxygen atoms in total. The Morgan fingerprint density at radius 1 is 1.13 bits per heavy atom. The van der Waals surface area contributed by atoms with Gasteiger partial charge in [0.1, 0.15) is 18.4 Å². The summed E-state index contributed by atoms with van der Waals surface area (Å²) in [5, 5.41) is 2.83. The van der Waals surface area contributed by atoms with E-state index in [1.54, 1.807) is 30.5 Å². The molecule has 0 spiro atoms. The van der Waals surface area contributed by atoms with Crippen molar-refractivity contribution >= 4 is 33.3 Å². The van der Waals surface area contributed by atoms with Gasteiger partial charge in [-0.25, -0.2) is 14.7 Å². The molecule has 1 atom stereocenters. The summed E-state index contributed by atoms with van der Waals surface area (Å²) in [5.74, 6) is 0.443. The van der Waals surface area contributed by atoms with E-state index in [-0.39, 0.29) is 22.9 Å². The van der Waals surface area contributed by atoms with Crippen molar-refractivity contribution in [2.24, 2.45) is 5.92 Å². The van der Waals surface area contributed by atoms with E-state index >= 15 is 0 Å². The number of ether oxygens (including phenoxy) is 2. The first-order valence-electron chi connectivity index (χ1n) is 12.9. The molecule has 1 fully saturated rings. The Kier molecular flexibility index (Phi) is 8.83. The molecule has 0 aliphatic carbocycles. The second-order valence-corrected chi connectivity index (χ2v) is 11.8. The number of sulfonamides is 1. The minimum Gasteiger partial charge on any atom is -0.356 e. The van der Waals surface area contributed by atoms with Gasteiger partial charge in [-0.1, -0.05) is 25.1 Å². The Morgan fingerprint density at radius 3 is 2.67 bits per heavy atom. The van der Waals surface area contributed by atoms with Crippen LogP contribution in [0.25, 0.3) is 0 Å². The Balaban J connectivity index is 1.49. The summed E-state index contributed by atoms with van der Waals surface area (Å²) in [6.45, 7) is 10.1. The van der Waals surface area contributed by atoms with Crippen LogP contribution in [0.1, 0.15) is 50.0 Å². The number of nitrogens with zero attached hydrogens (tertiary/aromatic N) is 3. The van der Waals surface area contributed by atoms with E-state index in [9.17, 15) is 13.2 Å². The molecule has 0 radical (unpaired) electrons. The van der Waals surface area contributed by atoms with Crippen molar-refractivity contribution in [3.8, 4) is 0 Å². The van der Waals surface area contributed by atoms with Gasteiger partial charge < -0.3 is 19.7 Å². The van der Waals surface area contributed by atoms with Crippen LogP contribution >= 0.6 is 0 Å². The monoisotopic (exact) mass is 553 g/mol. The van der Waals surface area contributed by atoms with E-state index in [1.807, 2.05) is 31.2 Å². The van der Waals surface area contributed by atoms with Crippen molar-refractivity contribution in [2.75, 3.05) is 30.2 Å². The number of benzene rings is 1. The molecule has 1 aliphatic heterocycles. The summed E-state index contributed by atoms with van der Waals surface area (Å²) in [7, 11) is -4.26. The molecule has 4 rings (SSSR count). The Hall–Kier alpha value is -3.54. The molecule has 39 heavy (non-hydrogen) atoms. The highest BCUT2D eigenvalue weighted by Crippen LogP contribution is 2.37. The number of aromatic nitrogens is 2. The maximum Gasteiger partial charge on any atom is 0.281 e. The molecule has 1 amide bonds. The zero-order valence-electron chi connectivity index (χ0n) is 22.7. The van der Waals surface area contributed by atoms with Crippen molar-refractivity contribution in [2.45, 2.75) is 51.3 Å². The molecule has 1 aliphatic rings. The van der Waals surface area contributed by atoms with Crippen LogP contribution < -0.4 is 14.9 Å². The van der Waals surface area contributed by atoms with E-state index in [4.69, 9.17) is 9.47 Å². The van der Waals surface area contributed by atoms with Crippen molar-refractivity contribution < 1.29 is 22.7 Å². The van der Waals surface area contributed by atoms with Crippen LogP contribution in [0.4, 0.5) is 17.3 Å². The minimum atomic E-state index is -4.26. The fourth-order valence-electron chi connectivity index (χ4n) is 4.80. The molecule has 1 aromatic carbocycles. The lowest BCUT2D eigenvalue weighted by atomic mass is 9.97. The topological polar surface area (TPSA) is 123 Å². The quantitative estimate of drug-likeness (QED) is 0.261. The minimum absolute atomic E-state index is 0.195. The van der Waals surface area contributed by atoms with Crippen LogP contribution in [0, 0.1) is 5.92 Å². The van der Waals surface area contributed by atoms with Crippen LogP contribution in [0.2, 0.25) is 0 Å². The highest BCUT2D eigenvalue weighted by Gasteiger charge is 2.39. The van der Waals surface area contributed by atoms with Gasteiger partial charge in [0.2, 0.25) is 0 Å². The number of carbonyl (C=O) groups excluding carboxylic acids is 1. The molecule has 1 saturated heterocycles. The summed E-state index contributed by atoms with van der Waals surface area (Å²) in [5.41, 5.74) is 1.61. The van der Waals surface area contributed by atoms with Gasteiger partial charge in [-0.3, -0.25) is 4.79 Å². The average Bonchev–Trinajstić information content (AvgIpc) is 3.18. The lowest BCUT2D eigenvalue weighted by molar-refractivity contribution is -0.0571. The first-order chi connectivity index (χ1) is 18.6. The van der Waals surface area contributed by atoms with Crippen LogP contribution in [0.5, 0.6) is 0 Å². The van der Waals surface area contributed by atoms with Crippen LogP contribution in [0.15, 0.2) is 65.8 Å². The molecule has 0 saturated carbocycles. The lowest BCUT2D eigenvalue weighted by Crippen LogP contribution is -2.41. The van der Waals surface area contributed by atoms with Gasteiger partial charge >= 0.3 is 0 Å². The first-order valence-corrected chi connectivity index (χ1v) is 14.4. The zero-order chi connectivity index (χ0) is 28.0. The average molecular weight is 554 g/mol. The molecule has 2 aromatic heterocycles. The van der Waals surface area contributed by atoms with Crippen molar-refractivity contribution in [1.82, 2.24) is 14.7 Å². The second-order valence-electron chi connectivity index (χ2n) is 10.2. The predicted octanol–water partition coefficient (Wildman–Crippen LogP) is 4.47. The van der Waals surface area contributed by atoms with E-state index in [0.29, 0.717) is 36.5 Å². The third-order valence-electron chi connectivity index (χ3n) is 6.42. The van der Waals surface area contributed by atoms with Gasteiger partial charge in [-0.15, -0.1) is 0 Å². The SMILES string of the molecule is CCOCOCc1cccc(Nc2cccc(S(=O)(=O)NC(=O)c3cccnc3N3CC(C)CC3(C)C)n2)c1. The normalized spacial score (nSPS) is 16.7. The van der Waals surface area contributed by atoms with Gasteiger partial charge in [0.05, 0.1) is 12.2 Å². The maximum atomic E-state index is 13.2. The molecule has 2 N–H and O–H groups in total. The summed E-state index contributed by atoms with van der Waals surface area (Å²) in [6.07, 6.45) is 2.55. The number of hydrogen-bond donors (Lipinski definition) is 2. The number of nitrogens with one attached hydrogen (secondary N) is 2. The van der Waals surface area contributed by atoms with E-state index in [0.717, 1.165) is 18.5 Å². The number of pyridine rings is 2. The van der Waals surface area contributed by atoms with E-state index in [2.05, 4.69) is 45.7 Å². The van der Waals surface area contributed by atoms with Crippen LogP contribution in [-0.4, -0.2) is 49.8 Å². The first kappa shape index (κ1) is 28.5. The summed E-state index contributed by atoms with van der Waals surface area (Å²) >= 11 is 0. The molecule has 3 heterocycles. The molecular weight excluding hydrogens is 518 g/mol. The molecule has 208 valence electrons. The van der Waals surface area contributed by atoms with Crippen molar-refractivity contribution in [1.29, 1.82) is 0 Å². The predicted molar refractivity (Wildman–Crippen MR) is 149 cm³/mol. The molecular formula is C28H35N5O5S. The third kappa shape index (κ3) is 7.11. The standard InChI is InChI=1S/C28H35N5O5S/c1-5-37-19-38-18-21-9-6-10-22(15-21)30-24-12-7-13-25(31-24)39(35,36)32-27(34)23-11-8-14-29-26(23)33-17-20(2)16-28(33,3)4/h6-15,20H,5,16-19H2,1-4H3,(H,30,31)(H,32,34). The number of anilines is 3. The number of amides is 1. The van der Waals surface area contributed by atoms with Crippen LogP contribution in [0.3, 0.4) is 0 Å². The Morgan fingerprint density at radius 2 is 1.92 bits per heavy atom. The fraction of sp³-hybridized carbons (Fsp3) is 0.393. The Bertz CT molecular complexity index is 1410. The molecule has 0 bridgehead atoms. The molecule has 1 unspecified atom stereocenters. The Labute approximate surface area is 229 Å². The molecule has 11 heteroatoms. The van der Waals surface area contributed by atoms with Gasteiger partial charge in [-0.05, 0) is 75.1 Å². The highest BCUT2D eigenvalue weighted by atomic mass is 32.2. The summed E-state index contributed by atoms with van der Waals surface area (Å²) in [6, 6.07) is 15.2. The van der Waals surface area contributed by atoms with Gasteiger partial charge in [0.15, 0.2) is 5.03 Å². The van der Waals surface area contributed by atoms with Crippen LogP contribution in [-0.2, 0) is 26.1 Å². The van der Waals surface area contributed by atoms with E-state index in [1.165, 1.54) is 6.07 Å². The number of hydrogen-bond acceptors (Lipinski definition) is 9.